The van der Waals surface area contributed by atoms with Gasteiger partial charge in [-0.25, -0.2) is 9.78 Å². The summed E-state index contributed by atoms with van der Waals surface area (Å²) in [5.74, 6) is -0.552. The Morgan fingerprint density at radius 3 is 2.53 bits per heavy atom. The Kier molecular flexibility index (Phi) is 2.87. The molecule has 1 aromatic heterocycles. The molecule has 19 heavy (non-hydrogen) atoms. The summed E-state index contributed by atoms with van der Waals surface area (Å²) in [6.45, 7) is 0. The van der Waals surface area contributed by atoms with Gasteiger partial charge in [0.2, 0.25) is 0 Å². The van der Waals surface area contributed by atoms with Crippen molar-refractivity contribution in [3.05, 3.63) is 53.5 Å². The third-order valence-electron chi connectivity index (χ3n) is 3.26. The van der Waals surface area contributed by atoms with E-state index in [9.17, 15) is 4.79 Å². The summed E-state index contributed by atoms with van der Waals surface area (Å²) in [6, 6.07) is 8.56. The van der Waals surface area contributed by atoms with Gasteiger partial charge in [0.15, 0.2) is 5.69 Å². The molecule has 0 amide bonds. The molecular formula is C14H13N3O2. The van der Waals surface area contributed by atoms with Gasteiger partial charge in [0.1, 0.15) is 5.82 Å². The number of aromatic nitrogens is 2. The molecule has 5 nitrogen and oxygen atoms in total. The van der Waals surface area contributed by atoms with E-state index in [4.69, 9.17) is 5.11 Å². The zero-order valence-corrected chi connectivity index (χ0v) is 10.2. The number of aromatic carboxylic acids is 1. The van der Waals surface area contributed by atoms with Crippen molar-refractivity contribution in [3.8, 4) is 0 Å². The fourth-order valence-electron chi connectivity index (χ4n) is 2.41. The molecule has 0 saturated carbocycles. The number of fused-ring (bicyclic) bond motifs is 1. The standard InChI is InChI=1S/C14H13N3O2/c18-14(19)12-7-15-8-13(17-12)16-11-5-9-3-1-2-4-10(9)6-11/h1-4,7-8,11H,5-6H2,(H,16,17)(H,18,19). The van der Waals surface area contributed by atoms with E-state index in [1.807, 2.05) is 12.1 Å². The maximum Gasteiger partial charge on any atom is 0.356 e. The first-order chi connectivity index (χ1) is 9.22. The molecule has 0 radical (unpaired) electrons. The Balaban J connectivity index is 1.74. The molecule has 0 fully saturated rings. The van der Waals surface area contributed by atoms with E-state index in [2.05, 4.69) is 27.4 Å². The Morgan fingerprint density at radius 2 is 1.89 bits per heavy atom. The summed E-state index contributed by atoms with van der Waals surface area (Å²) in [6.07, 6.45) is 4.65. The van der Waals surface area contributed by atoms with Gasteiger partial charge in [-0.05, 0) is 24.0 Å². The molecule has 1 aromatic carbocycles. The predicted octanol–water partition coefficient (Wildman–Crippen LogP) is 1.75. The Bertz CT molecular complexity index is 603. The largest absolute Gasteiger partial charge is 0.476 e. The minimum Gasteiger partial charge on any atom is -0.476 e. The van der Waals surface area contributed by atoms with E-state index in [1.54, 1.807) is 6.20 Å². The number of carboxylic acids is 1. The summed E-state index contributed by atoms with van der Waals surface area (Å²) in [5.41, 5.74) is 2.63. The van der Waals surface area contributed by atoms with Gasteiger partial charge in [-0.15, -0.1) is 0 Å². The first-order valence-electron chi connectivity index (χ1n) is 6.11. The molecule has 1 aliphatic rings. The van der Waals surface area contributed by atoms with Crippen LogP contribution in [0.5, 0.6) is 0 Å². The lowest BCUT2D eigenvalue weighted by Crippen LogP contribution is -2.21. The number of carbonyl (C=O) groups is 1. The van der Waals surface area contributed by atoms with E-state index < -0.39 is 5.97 Å². The average molecular weight is 255 g/mol. The molecule has 2 N–H and O–H groups in total. The highest BCUT2D eigenvalue weighted by molar-refractivity contribution is 5.85. The minimum absolute atomic E-state index is 0.0412. The van der Waals surface area contributed by atoms with Crippen LogP contribution in [0.3, 0.4) is 0 Å². The van der Waals surface area contributed by atoms with Crippen molar-refractivity contribution in [3.63, 3.8) is 0 Å². The van der Waals surface area contributed by atoms with Crippen LogP contribution < -0.4 is 5.32 Å². The topological polar surface area (TPSA) is 75.1 Å². The number of benzene rings is 1. The van der Waals surface area contributed by atoms with Crippen molar-refractivity contribution in [2.75, 3.05) is 5.32 Å². The first kappa shape index (κ1) is 11.6. The fraction of sp³-hybridized carbons (Fsp3) is 0.214. The Labute approximate surface area is 110 Å². The normalized spacial score (nSPS) is 14.1. The maximum absolute atomic E-state index is 10.8. The van der Waals surface area contributed by atoms with Crippen LogP contribution in [-0.4, -0.2) is 27.1 Å². The molecule has 0 unspecified atom stereocenters. The second-order valence-electron chi connectivity index (χ2n) is 4.61. The molecule has 5 heteroatoms. The molecule has 1 heterocycles. The molecule has 0 aliphatic heterocycles. The van der Waals surface area contributed by atoms with Crippen LogP contribution in [0.25, 0.3) is 0 Å². The number of hydrogen-bond acceptors (Lipinski definition) is 4. The number of rotatable bonds is 3. The maximum atomic E-state index is 10.8. The van der Waals surface area contributed by atoms with E-state index >= 15 is 0 Å². The lowest BCUT2D eigenvalue weighted by atomic mass is 10.1. The molecule has 0 atom stereocenters. The lowest BCUT2D eigenvalue weighted by molar-refractivity contribution is 0.0690. The van der Waals surface area contributed by atoms with Gasteiger partial charge < -0.3 is 10.4 Å². The van der Waals surface area contributed by atoms with E-state index in [1.165, 1.54) is 17.3 Å². The number of hydrogen-bond donors (Lipinski definition) is 2. The lowest BCUT2D eigenvalue weighted by Gasteiger charge is -2.12. The summed E-state index contributed by atoms with van der Waals surface area (Å²) in [4.78, 5) is 18.8. The third-order valence-corrected chi connectivity index (χ3v) is 3.26. The molecule has 2 aromatic rings. The predicted molar refractivity (Wildman–Crippen MR) is 70.3 cm³/mol. The van der Waals surface area contributed by atoms with Crippen LogP contribution in [0.2, 0.25) is 0 Å². The van der Waals surface area contributed by atoms with E-state index in [-0.39, 0.29) is 11.7 Å². The van der Waals surface area contributed by atoms with Crippen molar-refractivity contribution in [1.82, 2.24) is 9.97 Å². The van der Waals surface area contributed by atoms with Gasteiger partial charge in [0.25, 0.3) is 0 Å². The van der Waals surface area contributed by atoms with Gasteiger partial charge in [0.05, 0.1) is 12.4 Å². The Morgan fingerprint density at radius 1 is 1.21 bits per heavy atom. The summed E-state index contributed by atoms with van der Waals surface area (Å²) >= 11 is 0. The van der Waals surface area contributed by atoms with E-state index in [0.717, 1.165) is 12.8 Å². The highest BCUT2D eigenvalue weighted by Crippen LogP contribution is 2.23. The van der Waals surface area contributed by atoms with Crippen molar-refractivity contribution in [1.29, 1.82) is 0 Å². The summed E-state index contributed by atoms with van der Waals surface area (Å²) in [7, 11) is 0. The van der Waals surface area contributed by atoms with Gasteiger partial charge in [0, 0.05) is 6.04 Å². The number of carboxylic acid groups (broad SMARTS) is 1. The number of nitrogens with zero attached hydrogens (tertiary/aromatic N) is 2. The van der Waals surface area contributed by atoms with Crippen molar-refractivity contribution in [2.45, 2.75) is 18.9 Å². The molecule has 96 valence electrons. The third kappa shape index (κ3) is 2.40. The van der Waals surface area contributed by atoms with Crippen LogP contribution in [0.1, 0.15) is 21.6 Å². The van der Waals surface area contributed by atoms with Crippen molar-refractivity contribution >= 4 is 11.8 Å². The molecule has 3 rings (SSSR count). The van der Waals surface area contributed by atoms with Gasteiger partial charge in [-0.2, -0.15) is 0 Å². The summed E-state index contributed by atoms with van der Waals surface area (Å²) < 4.78 is 0. The number of anilines is 1. The highest BCUT2D eigenvalue weighted by atomic mass is 16.4. The molecule has 1 aliphatic carbocycles. The quantitative estimate of drug-likeness (QED) is 0.874. The highest BCUT2D eigenvalue weighted by Gasteiger charge is 2.21. The van der Waals surface area contributed by atoms with Gasteiger partial charge >= 0.3 is 5.97 Å². The zero-order chi connectivity index (χ0) is 13.2. The van der Waals surface area contributed by atoms with Crippen LogP contribution >= 0.6 is 0 Å². The number of nitrogens with one attached hydrogen (secondary N) is 1. The van der Waals surface area contributed by atoms with E-state index in [0.29, 0.717) is 5.82 Å². The Hall–Kier alpha value is -2.43. The van der Waals surface area contributed by atoms with Crippen LogP contribution in [0.15, 0.2) is 36.7 Å². The second kappa shape index (κ2) is 4.68. The van der Waals surface area contributed by atoms with Crippen LogP contribution in [0, 0.1) is 0 Å². The molecule has 0 bridgehead atoms. The van der Waals surface area contributed by atoms with Crippen molar-refractivity contribution in [2.24, 2.45) is 0 Å². The van der Waals surface area contributed by atoms with Gasteiger partial charge in [-0.3, -0.25) is 4.98 Å². The van der Waals surface area contributed by atoms with Gasteiger partial charge in [-0.1, -0.05) is 24.3 Å². The monoisotopic (exact) mass is 255 g/mol. The van der Waals surface area contributed by atoms with Crippen molar-refractivity contribution < 1.29 is 9.90 Å². The smallest absolute Gasteiger partial charge is 0.356 e. The first-order valence-corrected chi connectivity index (χ1v) is 6.11. The van der Waals surface area contributed by atoms with Crippen LogP contribution in [-0.2, 0) is 12.8 Å². The molecular weight excluding hydrogens is 242 g/mol. The molecule has 0 saturated heterocycles. The zero-order valence-electron chi connectivity index (χ0n) is 10.2. The second-order valence-corrected chi connectivity index (χ2v) is 4.61. The average Bonchev–Trinajstić information content (AvgIpc) is 2.81. The van der Waals surface area contributed by atoms with Crippen LogP contribution in [0.4, 0.5) is 5.82 Å². The minimum atomic E-state index is -1.06. The SMILES string of the molecule is O=C(O)c1cncc(NC2Cc3ccccc3C2)n1. The molecule has 0 spiro atoms. The fourth-order valence-corrected chi connectivity index (χ4v) is 2.41. The summed E-state index contributed by atoms with van der Waals surface area (Å²) in [5, 5.41) is 12.1.